The second kappa shape index (κ2) is 5.74. The number of nitrogens with zero attached hydrogens (tertiary/aromatic N) is 3. The molecule has 0 aromatic carbocycles. The lowest BCUT2D eigenvalue weighted by Crippen LogP contribution is -2.46. The van der Waals surface area contributed by atoms with E-state index in [2.05, 4.69) is 16.2 Å². The highest BCUT2D eigenvalue weighted by Crippen LogP contribution is 2.44. The molecule has 6 heteroatoms. The van der Waals surface area contributed by atoms with Crippen molar-refractivity contribution in [3.8, 4) is 0 Å². The van der Waals surface area contributed by atoms with Crippen molar-refractivity contribution in [3.05, 3.63) is 23.4 Å². The van der Waals surface area contributed by atoms with Crippen LogP contribution in [0, 0.1) is 6.92 Å². The monoisotopic (exact) mass is 317 g/mol. The zero-order chi connectivity index (χ0) is 15.9. The smallest absolute Gasteiger partial charge is 0.255 e. The van der Waals surface area contributed by atoms with Gasteiger partial charge in [-0.1, -0.05) is 11.2 Å². The number of likely N-dealkylation sites (tertiary alicyclic amines) is 1. The van der Waals surface area contributed by atoms with Crippen LogP contribution in [0.25, 0.3) is 0 Å². The molecule has 1 aromatic heterocycles. The molecule has 3 aliphatic rings. The molecule has 1 aromatic rings. The molecule has 1 aliphatic carbocycles. The Kier molecular flexibility index (Phi) is 3.71. The summed E-state index contributed by atoms with van der Waals surface area (Å²) < 4.78 is 11.5. The van der Waals surface area contributed by atoms with Crippen molar-refractivity contribution in [1.29, 1.82) is 0 Å². The van der Waals surface area contributed by atoms with Gasteiger partial charge in [-0.3, -0.25) is 4.79 Å². The number of carbonyl (C=O) groups excluding carboxylic acids is 1. The molecule has 1 spiro atoms. The molecule has 124 valence electrons. The maximum absolute atomic E-state index is 12.5. The summed E-state index contributed by atoms with van der Waals surface area (Å²) in [6.07, 6.45) is 8.84. The van der Waals surface area contributed by atoms with Crippen molar-refractivity contribution in [2.75, 3.05) is 13.1 Å². The number of hydrogen-bond acceptors (Lipinski definition) is 5. The first-order valence-electron chi connectivity index (χ1n) is 8.62. The zero-order valence-corrected chi connectivity index (χ0v) is 13.6. The lowest BCUT2D eigenvalue weighted by atomic mass is 9.88. The molecular formula is C17H23N3O3. The molecule has 0 N–H and O–H groups in total. The molecule has 1 amide bonds. The van der Waals surface area contributed by atoms with Gasteiger partial charge >= 0.3 is 0 Å². The Balaban J connectivity index is 1.37. The first kappa shape index (κ1) is 14.9. The van der Waals surface area contributed by atoms with Crippen LogP contribution in [0.5, 0.6) is 0 Å². The quantitative estimate of drug-likeness (QED) is 0.839. The van der Waals surface area contributed by atoms with E-state index in [1.165, 1.54) is 0 Å². The lowest BCUT2D eigenvalue weighted by Gasteiger charge is -2.39. The first-order valence-corrected chi connectivity index (χ1v) is 8.62. The van der Waals surface area contributed by atoms with Gasteiger partial charge < -0.3 is 14.2 Å². The molecule has 0 saturated carbocycles. The number of hydrogen-bond donors (Lipinski definition) is 0. The molecule has 0 bridgehead atoms. The van der Waals surface area contributed by atoms with Crippen molar-refractivity contribution >= 4 is 5.91 Å². The van der Waals surface area contributed by atoms with E-state index in [-0.39, 0.29) is 17.6 Å². The molecule has 6 nitrogen and oxygen atoms in total. The second-order valence-electron chi connectivity index (χ2n) is 6.92. The summed E-state index contributed by atoms with van der Waals surface area (Å²) in [5.41, 5.74) is 0.890. The van der Waals surface area contributed by atoms with E-state index in [1.807, 2.05) is 11.8 Å². The number of aryl methyl sites for hydroxylation is 1. The van der Waals surface area contributed by atoms with E-state index in [0.29, 0.717) is 11.7 Å². The zero-order valence-electron chi connectivity index (χ0n) is 13.6. The minimum Gasteiger partial charge on any atom is -0.362 e. The van der Waals surface area contributed by atoms with E-state index in [1.54, 1.807) is 0 Å². The Morgan fingerprint density at radius 3 is 2.83 bits per heavy atom. The van der Waals surface area contributed by atoms with Crippen molar-refractivity contribution in [2.45, 2.75) is 63.6 Å². The molecule has 23 heavy (non-hydrogen) atoms. The van der Waals surface area contributed by atoms with E-state index >= 15 is 0 Å². The predicted molar refractivity (Wildman–Crippen MR) is 82.6 cm³/mol. The van der Waals surface area contributed by atoms with E-state index < -0.39 is 0 Å². The van der Waals surface area contributed by atoms with Crippen molar-refractivity contribution in [3.63, 3.8) is 0 Å². The first-order chi connectivity index (χ1) is 11.2. The van der Waals surface area contributed by atoms with Gasteiger partial charge in [0, 0.05) is 18.7 Å². The van der Waals surface area contributed by atoms with Gasteiger partial charge in [-0.05, 0) is 51.9 Å². The third-order valence-corrected chi connectivity index (χ3v) is 5.35. The number of allylic oxidation sites excluding steroid dienone is 1. The van der Waals surface area contributed by atoms with Crippen LogP contribution >= 0.6 is 0 Å². The van der Waals surface area contributed by atoms with Crippen molar-refractivity contribution in [1.82, 2.24) is 15.0 Å². The van der Waals surface area contributed by atoms with Gasteiger partial charge in [-0.15, -0.1) is 0 Å². The maximum Gasteiger partial charge on any atom is 0.255 e. The molecule has 0 radical (unpaired) electrons. The average Bonchev–Trinajstić information content (AvgIpc) is 3.28. The molecule has 0 unspecified atom stereocenters. The van der Waals surface area contributed by atoms with Crippen LogP contribution < -0.4 is 0 Å². The standard InChI is InChI=1S/C17H23N3O3/c1-12-18-15(23-19-12)14-6-7-17(22-14)8-10-20(11-9-17)16(21)13-4-2-3-5-13/h4,14H,2-3,5-11H2,1H3/t14-/m0/s1. The summed E-state index contributed by atoms with van der Waals surface area (Å²) in [6, 6.07) is 0. The van der Waals surface area contributed by atoms with Gasteiger partial charge in [0.1, 0.15) is 6.10 Å². The normalized spacial score (nSPS) is 26.7. The van der Waals surface area contributed by atoms with Crippen LogP contribution in [0.15, 0.2) is 16.2 Å². The Labute approximate surface area is 135 Å². The third-order valence-electron chi connectivity index (χ3n) is 5.35. The number of amides is 1. The molecule has 1 atom stereocenters. The SMILES string of the molecule is Cc1noc([C@@H]2CCC3(CCN(C(=O)C4=CCCC4)CC3)O2)n1. The molecular weight excluding hydrogens is 294 g/mol. The Morgan fingerprint density at radius 2 is 2.17 bits per heavy atom. The molecule has 4 rings (SSSR count). The molecule has 2 fully saturated rings. The highest BCUT2D eigenvalue weighted by Gasteiger charge is 2.45. The van der Waals surface area contributed by atoms with E-state index in [4.69, 9.17) is 9.26 Å². The predicted octanol–water partition coefficient (Wildman–Crippen LogP) is 2.70. The average molecular weight is 317 g/mol. The van der Waals surface area contributed by atoms with Crippen LogP contribution in [0.4, 0.5) is 0 Å². The fourth-order valence-corrected chi connectivity index (χ4v) is 3.98. The van der Waals surface area contributed by atoms with Crippen molar-refractivity contribution < 1.29 is 14.1 Å². The third kappa shape index (κ3) is 2.80. The van der Waals surface area contributed by atoms with Crippen molar-refractivity contribution in [2.24, 2.45) is 0 Å². The summed E-state index contributed by atoms with van der Waals surface area (Å²) in [4.78, 5) is 18.8. The highest BCUT2D eigenvalue weighted by molar-refractivity contribution is 5.93. The van der Waals surface area contributed by atoms with E-state index in [0.717, 1.165) is 63.6 Å². The van der Waals surface area contributed by atoms with Crippen LogP contribution in [-0.2, 0) is 9.53 Å². The van der Waals surface area contributed by atoms with Gasteiger partial charge in [0.15, 0.2) is 5.82 Å². The number of carbonyl (C=O) groups is 1. The minimum atomic E-state index is -0.117. The van der Waals surface area contributed by atoms with Gasteiger partial charge in [0.2, 0.25) is 5.91 Å². The molecule has 2 aliphatic heterocycles. The van der Waals surface area contributed by atoms with Crippen LogP contribution in [0.2, 0.25) is 0 Å². The van der Waals surface area contributed by atoms with Gasteiger partial charge in [0.25, 0.3) is 5.89 Å². The number of piperidine rings is 1. The number of aromatic nitrogens is 2. The summed E-state index contributed by atoms with van der Waals surface area (Å²) in [5, 5.41) is 3.85. The van der Waals surface area contributed by atoms with Gasteiger partial charge in [-0.2, -0.15) is 4.98 Å². The summed E-state index contributed by atoms with van der Waals surface area (Å²) in [7, 11) is 0. The Bertz CT molecular complexity index is 629. The number of rotatable bonds is 2. The second-order valence-corrected chi connectivity index (χ2v) is 6.92. The van der Waals surface area contributed by atoms with Crippen LogP contribution in [0.1, 0.15) is 62.8 Å². The molecule has 2 saturated heterocycles. The highest BCUT2D eigenvalue weighted by atomic mass is 16.5. The van der Waals surface area contributed by atoms with Crippen LogP contribution in [0.3, 0.4) is 0 Å². The van der Waals surface area contributed by atoms with E-state index in [9.17, 15) is 4.79 Å². The lowest BCUT2D eigenvalue weighted by molar-refractivity contribution is -0.134. The largest absolute Gasteiger partial charge is 0.362 e. The topological polar surface area (TPSA) is 68.5 Å². The van der Waals surface area contributed by atoms with Crippen LogP contribution in [-0.4, -0.2) is 39.6 Å². The van der Waals surface area contributed by atoms with Gasteiger partial charge in [-0.25, -0.2) is 0 Å². The Hall–Kier alpha value is -1.69. The molecule has 3 heterocycles. The number of ether oxygens (including phenoxy) is 1. The summed E-state index contributed by atoms with van der Waals surface area (Å²) >= 11 is 0. The van der Waals surface area contributed by atoms with Gasteiger partial charge in [0.05, 0.1) is 5.60 Å². The Morgan fingerprint density at radius 1 is 1.35 bits per heavy atom. The fraction of sp³-hybridized carbons (Fsp3) is 0.706. The minimum absolute atomic E-state index is 0.0870. The fourth-order valence-electron chi connectivity index (χ4n) is 3.98. The summed E-state index contributed by atoms with van der Waals surface area (Å²) in [6.45, 7) is 3.39. The maximum atomic E-state index is 12.5. The summed E-state index contributed by atoms with van der Waals surface area (Å²) in [5.74, 6) is 1.48.